The van der Waals surface area contributed by atoms with E-state index < -0.39 is 0 Å². The summed E-state index contributed by atoms with van der Waals surface area (Å²) in [5, 5.41) is 0. The molecular formula is C13H19N. The average Bonchev–Trinajstić information content (AvgIpc) is 2.71. The smallest absolute Gasteiger partial charge is 0.0323 e. The minimum Gasteiger partial charge on any atom is -0.324 e. The summed E-state index contributed by atoms with van der Waals surface area (Å²) in [4.78, 5) is 0. The molecule has 1 saturated carbocycles. The molecule has 0 saturated heterocycles. The van der Waals surface area contributed by atoms with Crippen molar-refractivity contribution in [2.24, 2.45) is 11.7 Å². The van der Waals surface area contributed by atoms with Crippen molar-refractivity contribution in [3.8, 4) is 0 Å². The van der Waals surface area contributed by atoms with E-state index in [9.17, 15) is 0 Å². The molecule has 76 valence electrons. The summed E-state index contributed by atoms with van der Waals surface area (Å²) in [6, 6.07) is 8.93. The lowest BCUT2D eigenvalue weighted by atomic mass is 9.92. The normalized spacial score (nSPS) is 19.9. The van der Waals surface area contributed by atoms with Crippen LogP contribution in [0.1, 0.15) is 42.9 Å². The van der Waals surface area contributed by atoms with Crippen LogP contribution in [0.15, 0.2) is 24.3 Å². The standard InChI is InChI=1S/C13H19N/c1-10-6-8-12(9-7-10)13(14)11-4-2-3-5-11/h6-9,11,13H,2-5,14H2,1H3/t13-/m1/s1. The summed E-state index contributed by atoms with van der Waals surface area (Å²) in [6.45, 7) is 2.12. The molecule has 0 heterocycles. The average molecular weight is 189 g/mol. The molecule has 1 aromatic rings. The van der Waals surface area contributed by atoms with Crippen molar-refractivity contribution in [3.05, 3.63) is 35.4 Å². The van der Waals surface area contributed by atoms with E-state index in [2.05, 4.69) is 31.2 Å². The van der Waals surface area contributed by atoms with Gasteiger partial charge in [-0.3, -0.25) is 0 Å². The summed E-state index contributed by atoms with van der Waals surface area (Å²) in [7, 11) is 0. The highest BCUT2D eigenvalue weighted by Crippen LogP contribution is 2.33. The fourth-order valence-corrected chi connectivity index (χ4v) is 2.38. The van der Waals surface area contributed by atoms with Crippen molar-refractivity contribution in [2.45, 2.75) is 38.6 Å². The summed E-state index contributed by atoms with van der Waals surface area (Å²) in [5.74, 6) is 0.720. The van der Waals surface area contributed by atoms with Crippen molar-refractivity contribution >= 4 is 0 Å². The van der Waals surface area contributed by atoms with E-state index in [0.29, 0.717) is 0 Å². The third-order valence-electron chi connectivity index (χ3n) is 3.37. The lowest BCUT2D eigenvalue weighted by Gasteiger charge is -2.19. The molecule has 1 aromatic carbocycles. The van der Waals surface area contributed by atoms with Crippen molar-refractivity contribution in [2.75, 3.05) is 0 Å². The van der Waals surface area contributed by atoms with Crippen LogP contribution < -0.4 is 5.73 Å². The zero-order chi connectivity index (χ0) is 9.97. The highest BCUT2D eigenvalue weighted by Gasteiger charge is 2.22. The second kappa shape index (κ2) is 4.14. The molecule has 1 atom stereocenters. The summed E-state index contributed by atoms with van der Waals surface area (Å²) >= 11 is 0. The Morgan fingerprint density at radius 3 is 2.29 bits per heavy atom. The van der Waals surface area contributed by atoms with Crippen LogP contribution >= 0.6 is 0 Å². The van der Waals surface area contributed by atoms with E-state index in [-0.39, 0.29) is 6.04 Å². The molecule has 1 aliphatic carbocycles. The van der Waals surface area contributed by atoms with Crippen LogP contribution in [0.4, 0.5) is 0 Å². The van der Waals surface area contributed by atoms with E-state index in [1.807, 2.05) is 0 Å². The molecule has 1 heteroatoms. The van der Waals surface area contributed by atoms with Crippen molar-refractivity contribution in [1.29, 1.82) is 0 Å². The van der Waals surface area contributed by atoms with Gasteiger partial charge in [-0.05, 0) is 31.2 Å². The minimum absolute atomic E-state index is 0.262. The molecular weight excluding hydrogens is 170 g/mol. The van der Waals surface area contributed by atoms with E-state index in [4.69, 9.17) is 5.73 Å². The van der Waals surface area contributed by atoms with E-state index in [0.717, 1.165) is 5.92 Å². The third kappa shape index (κ3) is 1.98. The maximum Gasteiger partial charge on any atom is 0.0323 e. The Hall–Kier alpha value is -0.820. The fourth-order valence-electron chi connectivity index (χ4n) is 2.38. The summed E-state index contributed by atoms with van der Waals surface area (Å²) in [5.41, 5.74) is 8.87. The minimum atomic E-state index is 0.262. The first-order valence-corrected chi connectivity index (χ1v) is 5.59. The molecule has 2 N–H and O–H groups in total. The predicted molar refractivity (Wildman–Crippen MR) is 60.1 cm³/mol. The zero-order valence-corrected chi connectivity index (χ0v) is 8.87. The summed E-state index contributed by atoms with van der Waals surface area (Å²) in [6.07, 6.45) is 5.36. The molecule has 1 aliphatic rings. The zero-order valence-electron chi connectivity index (χ0n) is 8.87. The SMILES string of the molecule is Cc1ccc([C@H](N)C2CCCC2)cc1. The first kappa shape index (κ1) is 9.72. The molecule has 0 unspecified atom stereocenters. The Balaban J connectivity index is 2.09. The van der Waals surface area contributed by atoms with Crippen LogP contribution in [0.5, 0.6) is 0 Å². The Kier molecular flexibility index (Phi) is 2.87. The lowest BCUT2D eigenvalue weighted by molar-refractivity contribution is 0.445. The number of nitrogens with two attached hydrogens (primary N) is 1. The Morgan fingerprint density at radius 1 is 1.14 bits per heavy atom. The molecule has 0 spiro atoms. The monoisotopic (exact) mass is 189 g/mol. The molecule has 1 fully saturated rings. The molecule has 1 nitrogen and oxygen atoms in total. The van der Waals surface area contributed by atoms with Gasteiger partial charge in [-0.1, -0.05) is 42.7 Å². The maximum atomic E-state index is 6.25. The second-order valence-electron chi connectivity index (χ2n) is 4.48. The van der Waals surface area contributed by atoms with Gasteiger partial charge in [0.25, 0.3) is 0 Å². The Morgan fingerprint density at radius 2 is 1.71 bits per heavy atom. The van der Waals surface area contributed by atoms with Gasteiger partial charge in [0, 0.05) is 6.04 Å². The van der Waals surface area contributed by atoms with Crippen LogP contribution in [-0.2, 0) is 0 Å². The quantitative estimate of drug-likeness (QED) is 0.759. The van der Waals surface area contributed by atoms with Gasteiger partial charge in [0.05, 0.1) is 0 Å². The van der Waals surface area contributed by atoms with Crippen LogP contribution in [0, 0.1) is 12.8 Å². The molecule has 0 amide bonds. The highest BCUT2D eigenvalue weighted by atomic mass is 14.7. The first-order valence-electron chi connectivity index (χ1n) is 5.59. The largest absolute Gasteiger partial charge is 0.324 e. The maximum absolute atomic E-state index is 6.25. The third-order valence-corrected chi connectivity index (χ3v) is 3.37. The molecule has 2 rings (SSSR count). The fraction of sp³-hybridized carbons (Fsp3) is 0.538. The number of rotatable bonds is 2. The van der Waals surface area contributed by atoms with Gasteiger partial charge in [0.1, 0.15) is 0 Å². The number of benzene rings is 1. The summed E-state index contributed by atoms with van der Waals surface area (Å²) < 4.78 is 0. The van der Waals surface area contributed by atoms with Gasteiger partial charge in [0.2, 0.25) is 0 Å². The van der Waals surface area contributed by atoms with Crippen molar-refractivity contribution in [1.82, 2.24) is 0 Å². The first-order chi connectivity index (χ1) is 6.77. The van der Waals surface area contributed by atoms with Crippen LogP contribution in [0.3, 0.4) is 0 Å². The molecule has 0 aromatic heterocycles. The van der Waals surface area contributed by atoms with Gasteiger partial charge < -0.3 is 5.73 Å². The number of hydrogen-bond acceptors (Lipinski definition) is 1. The lowest BCUT2D eigenvalue weighted by Crippen LogP contribution is -2.18. The highest BCUT2D eigenvalue weighted by molar-refractivity contribution is 5.24. The van der Waals surface area contributed by atoms with Gasteiger partial charge in [-0.25, -0.2) is 0 Å². The Bertz CT molecular complexity index is 283. The Labute approximate surface area is 86.3 Å². The van der Waals surface area contributed by atoms with Gasteiger partial charge in [0.15, 0.2) is 0 Å². The molecule has 0 radical (unpaired) electrons. The van der Waals surface area contributed by atoms with Gasteiger partial charge >= 0.3 is 0 Å². The van der Waals surface area contributed by atoms with E-state index >= 15 is 0 Å². The van der Waals surface area contributed by atoms with Crippen LogP contribution in [0.25, 0.3) is 0 Å². The molecule has 0 bridgehead atoms. The number of hydrogen-bond donors (Lipinski definition) is 1. The predicted octanol–water partition coefficient (Wildman–Crippen LogP) is 3.19. The van der Waals surface area contributed by atoms with Gasteiger partial charge in [-0.15, -0.1) is 0 Å². The van der Waals surface area contributed by atoms with Gasteiger partial charge in [-0.2, -0.15) is 0 Å². The van der Waals surface area contributed by atoms with E-state index in [1.165, 1.54) is 36.8 Å². The molecule has 0 aliphatic heterocycles. The van der Waals surface area contributed by atoms with Crippen molar-refractivity contribution in [3.63, 3.8) is 0 Å². The van der Waals surface area contributed by atoms with Crippen molar-refractivity contribution < 1.29 is 0 Å². The van der Waals surface area contributed by atoms with Crippen LogP contribution in [0.2, 0.25) is 0 Å². The second-order valence-corrected chi connectivity index (χ2v) is 4.48. The topological polar surface area (TPSA) is 26.0 Å². The molecule has 14 heavy (non-hydrogen) atoms. The van der Waals surface area contributed by atoms with Crippen LogP contribution in [-0.4, -0.2) is 0 Å². The van der Waals surface area contributed by atoms with E-state index in [1.54, 1.807) is 0 Å². The number of aryl methyl sites for hydroxylation is 1.